The first kappa shape index (κ1) is 23.6. The summed E-state index contributed by atoms with van der Waals surface area (Å²) in [7, 11) is 1.62. The van der Waals surface area contributed by atoms with Crippen molar-refractivity contribution in [1.29, 1.82) is 5.26 Å². The first-order valence-corrected chi connectivity index (χ1v) is 11.0. The third-order valence-electron chi connectivity index (χ3n) is 5.92. The molecule has 0 aromatic carbocycles. The molecule has 178 valence electrons. The maximum Gasteiger partial charge on any atom is 0.255 e. The first-order chi connectivity index (χ1) is 16.2. The molecule has 0 unspecified atom stereocenters. The number of fused-ring (bicyclic) bond motifs is 1. The summed E-state index contributed by atoms with van der Waals surface area (Å²) in [6, 6.07) is 9.24. The fourth-order valence-electron chi connectivity index (χ4n) is 3.68. The van der Waals surface area contributed by atoms with E-state index in [1.807, 2.05) is 12.1 Å². The number of ether oxygens (including phenoxy) is 1. The maximum atomic E-state index is 14.2. The number of aromatic nitrogens is 3. The molecule has 3 aromatic heterocycles. The number of rotatable bonds is 9. The van der Waals surface area contributed by atoms with Crippen molar-refractivity contribution in [3.8, 4) is 17.5 Å². The van der Waals surface area contributed by atoms with E-state index in [-0.39, 0.29) is 17.6 Å². The predicted molar refractivity (Wildman–Crippen MR) is 124 cm³/mol. The number of aliphatic hydroxyl groups is 1. The van der Waals surface area contributed by atoms with Crippen molar-refractivity contribution in [3.05, 3.63) is 47.8 Å². The van der Waals surface area contributed by atoms with Crippen LogP contribution in [0.5, 0.6) is 0 Å². The molecular weight excluding hydrogens is 439 g/mol. The lowest BCUT2D eigenvalue weighted by atomic mass is 10.0. The van der Waals surface area contributed by atoms with Crippen LogP contribution in [0.1, 0.15) is 42.6 Å². The molecule has 4 rings (SSSR count). The van der Waals surface area contributed by atoms with E-state index in [9.17, 15) is 14.3 Å². The van der Waals surface area contributed by atoms with Gasteiger partial charge in [-0.2, -0.15) is 10.4 Å². The molecule has 0 radical (unpaired) electrons. The van der Waals surface area contributed by atoms with Gasteiger partial charge in [-0.25, -0.2) is 8.91 Å². The van der Waals surface area contributed by atoms with Crippen molar-refractivity contribution in [1.82, 2.24) is 19.9 Å². The minimum atomic E-state index is -1.63. The van der Waals surface area contributed by atoms with Crippen molar-refractivity contribution in [2.75, 3.05) is 25.6 Å². The van der Waals surface area contributed by atoms with E-state index < -0.39 is 17.7 Å². The monoisotopic (exact) mass is 466 g/mol. The van der Waals surface area contributed by atoms with E-state index in [4.69, 9.17) is 10.00 Å². The minimum absolute atomic E-state index is 0.259. The fourth-order valence-corrected chi connectivity index (χ4v) is 3.68. The topological polar surface area (TPSA) is 125 Å². The van der Waals surface area contributed by atoms with E-state index in [1.54, 1.807) is 23.8 Å². The second-order valence-electron chi connectivity index (χ2n) is 9.20. The molecular formula is C24H27FN6O3. The Morgan fingerprint density at radius 1 is 1.38 bits per heavy atom. The molecule has 1 atom stereocenters. The number of nitrogens with zero attached hydrogens (tertiary/aromatic N) is 4. The number of pyridine rings is 1. The van der Waals surface area contributed by atoms with Gasteiger partial charge in [0, 0.05) is 13.3 Å². The number of nitriles is 1. The van der Waals surface area contributed by atoms with E-state index in [1.165, 1.54) is 26.2 Å². The van der Waals surface area contributed by atoms with Crippen LogP contribution in [0.2, 0.25) is 0 Å². The maximum absolute atomic E-state index is 14.2. The van der Waals surface area contributed by atoms with Crippen LogP contribution in [0, 0.1) is 11.3 Å². The number of hydrogen-bond donors (Lipinski definition) is 3. The highest BCUT2D eigenvalue weighted by atomic mass is 19.1. The van der Waals surface area contributed by atoms with Crippen LogP contribution in [0.25, 0.3) is 16.9 Å². The summed E-state index contributed by atoms with van der Waals surface area (Å²) >= 11 is 0. The quantitative estimate of drug-likeness (QED) is 0.443. The number of alkyl halides is 1. The van der Waals surface area contributed by atoms with Gasteiger partial charge in [0.2, 0.25) is 0 Å². The zero-order valence-corrected chi connectivity index (χ0v) is 19.3. The second kappa shape index (κ2) is 9.00. The highest BCUT2D eigenvalue weighted by Gasteiger charge is 2.43. The van der Waals surface area contributed by atoms with Crippen LogP contribution in [0.15, 0.2) is 36.7 Å². The molecule has 1 aliphatic rings. The molecule has 1 fully saturated rings. The average molecular weight is 467 g/mol. The number of anilines is 1. The molecule has 1 saturated carbocycles. The summed E-state index contributed by atoms with van der Waals surface area (Å²) in [6.45, 7) is 2.85. The van der Waals surface area contributed by atoms with E-state index in [0.717, 1.165) is 18.4 Å². The van der Waals surface area contributed by atoms with Gasteiger partial charge in [0.15, 0.2) is 0 Å². The lowest BCUT2D eigenvalue weighted by molar-refractivity contribution is -0.00177. The summed E-state index contributed by atoms with van der Waals surface area (Å²) < 4.78 is 21.2. The number of halogens is 1. The number of methoxy groups -OCH3 is 1. The Bertz CT molecular complexity index is 1260. The van der Waals surface area contributed by atoms with E-state index >= 15 is 0 Å². The zero-order valence-electron chi connectivity index (χ0n) is 19.3. The highest BCUT2D eigenvalue weighted by Crippen LogP contribution is 2.40. The number of amides is 1. The molecule has 34 heavy (non-hydrogen) atoms. The SMILES string of the molecule is COCC1(Nc2cc(-c3ccc4cc(C#N)cnn34)ncc2C(=O)NC[C@@H](F)C(C)(C)O)CC1. The molecule has 3 heterocycles. The third-order valence-corrected chi connectivity index (χ3v) is 5.92. The van der Waals surface area contributed by atoms with E-state index in [2.05, 4.69) is 26.8 Å². The largest absolute Gasteiger partial charge is 0.387 e. The van der Waals surface area contributed by atoms with Crippen LogP contribution < -0.4 is 10.6 Å². The lowest BCUT2D eigenvalue weighted by Crippen LogP contribution is -2.42. The van der Waals surface area contributed by atoms with Crippen molar-refractivity contribution >= 4 is 17.1 Å². The number of hydrogen-bond acceptors (Lipinski definition) is 7. The van der Waals surface area contributed by atoms with Crippen LogP contribution in [-0.4, -0.2) is 63.2 Å². The summed E-state index contributed by atoms with van der Waals surface area (Å²) in [5, 5.41) is 29.2. The Labute approximate surface area is 196 Å². The van der Waals surface area contributed by atoms with Crippen LogP contribution in [0.4, 0.5) is 10.1 Å². The molecule has 9 nitrogen and oxygen atoms in total. The van der Waals surface area contributed by atoms with Crippen LogP contribution in [0.3, 0.4) is 0 Å². The Hall–Kier alpha value is -3.55. The molecule has 0 spiro atoms. The number of nitrogens with one attached hydrogen (secondary N) is 2. The number of carbonyl (C=O) groups is 1. The second-order valence-corrected chi connectivity index (χ2v) is 9.20. The Morgan fingerprint density at radius 3 is 2.79 bits per heavy atom. The smallest absolute Gasteiger partial charge is 0.255 e. The van der Waals surface area contributed by atoms with Crippen molar-refractivity contribution in [2.24, 2.45) is 0 Å². The standard InChI is InChI=1S/C24H27FN6O3/c1-23(2,33)21(25)13-28-22(32)17-12-27-19(9-18(17)30-24(6-7-24)14-34-3)20-5-4-16-8-15(10-26)11-29-31(16)20/h4-5,8-9,11-12,21,33H,6-7,13-14H2,1-3H3,(H,27,30)(H,28,32)/t21-/m1/s1. The molecule has 0 aliphatic heterocycles. The Balaban J connectivity index is 1.68. The van der Waals surface area contributed by atoms with Gasteiger partial charge in [-0.15, -0.1) is 0 Å². The molecule has 1 amide bonds. The van der Waals surface area contributed by atoms with Gasteiger partial charge in [0.05, 0.1) is 64.2 Å². The summed E-state index contributed by atoms with van der Waals surface area (Å²) in [5.41, 5.74) is 1.41. The van der Waals surface area contributed by atoms with Crippen molar-refractivity contribution in [2.45, 2.75) is 44.0 Å². The molecule has 0 saturated heterocycles. The van der Waals surface area contributed by atoms with E-state index in [0.29, 0.717) is 29.2 Å². The summed E-state index contributed by atoms with van der Waals surface area (Å²) in [5.74, 6) is -0.501. The van der Waals surface area contributed by atoms with Crippen LogP contribution in [-0.2, 0) is 4.74 Å². The van der Waals surface area contributed by atoms with Gasteiger partial charge in [-0.3, -0.25) is 9.78 Å². The van der Waals surface area contributed by atoms with Gasteiger partial charge in [-0.05, 0) is 51.0 Å². The predicted octanol–water partition coefficient (Wildman–Crippen LogP) is 2.70. The van der Waals surface area contributed by atoms with Crippen molar-refractivity contribution < 1.29 is 19.0 Å². The van der Waals surface area contributed by atoms with Gasteiger partial charge < -0.3 is 20.5 Å². The van der Waals surface area contributed by atoms with Gasteiger partial charge in [0.1, 0.15) is 12.2 Å². The lowest BCUT2D eigenvalue weighted by Gasteiger charge is -2.23. The van der Waals surface area contributed by atoms with Crippen LogP contribution >= 0.6 is 0 Å². The molecule has 3 aromatic rings. The Kier molecular flexibility index (Phi) is 6.25. The summed E-state index contributed by atoms with van der Waals surface area (Å²) in [6.07, 6.45) is 3.07. The normalized spacial score (nSPS) is 15.5. The van der Waals surface area contributed by atoms with Gasteiger partial charge in [-0.1, -0.05) is 0 Å². The average Bonchev–Trinajstić information content (AvgIpc) is 3.42. The Morgan fingerprint density at radius 2 is 2.15 bits per heavy atom. The molecule has 0 bridgehead atoms. The third kappa shape index (κ3) is 4.85. The first-order valence-electron chi connectivity index (χ1n) is 11.0. The van der Waals surface area contributed by atoms with Gasteiger partial charge in [0.25, 0.3) is 5.91 Å². The zero-order chi connectivity index (χ0) is 24.5. The van der Waals surface area contributed by atoms with Crippen molar-refractivity contribution in [3.63, 3.8) is 0 Å². The highest BCUT2D eigenvalue weighted by molar-refractivity contribution is 6.00. The molecule has 3 N–H and O–H groups in total. The van der Waals surface area contributed by atoms with Gasteiger partial charge >= 0.3 is 0 Å². The molecule has 1 aliphatic carbocycles. The fraction of sp³-hybridized carbons (Fsp3) is 0.417. The summed E-state index contributed by atoms with van der Waals surface area (Å²) in [4.78, 5) is 17.4. The minimum Gasteiger partial charge on any atom is -0.387 e. The number of carbonyl (C=O) groups excluding carboxylic acids is 1. The molecule has 10 heteroatoms.